The third-order valence-corrected chi connectivity index (χ3v) is 3.51. The van der Waals surface area contributed by atoms with Crippen LogP contribution in [-0.4, -0.2) is 25.1 Å². The first kappa shape index (κ1) is 13.3. The Morgan fingerprint density at radius 2 is 1.89 bits per heavy atom. The van der Waals surface area contributed by atoms with Gasteiger partial charge in [0.05, 0.1) is 5.54 Å². The first-order valence-corrected chi connectivity index (χ1v) is 6.40. The van der Waals surface area contributed by atoms with Gasteiger partial charge < -0.3 is 10.6 Å². The summed E-state index contributed by atoms with van der Waals surface area (Å²) in [6.07, 6.45) is 0.0351. The van der Waals surface area contributed by atoms with Gasteiger partial charge in [0.25, 0.3) is 6.43 Å². The first-order chi connectivity index (χ1) is 8.50. The SMILES string of the molecule is CC(N)(Cc1ccccc1N1CCCC1)C(F)F. The lowest BCUT2D eigenvalue weighted by molar-refractivity contribution is 0.0640. The number of rotatable bonds is 4. The number of nitrogens with zero attached hydrogens (tertiary/aromatic N) is 1. The number of para-hydroxylation sites is 1. The van der Waals surface area contributed by atoms with E-state index in [0.29, 0.717) is 0 Å². The standard InChI is InChI=1S/C14H20F2N2/c1-14(17,13(15)16)10-11-6-2-3-7-12(11)18-8-4-5-9-18/h2-3,6-7,13H,4-5,8-10,17H2,1H3. The van der Waals surface area contributed by atoms with Crippen LogP contribution in [0.4, 0.5) is 14.5 Å². The normalized spacial score (nSPS) is 19.3. The fraction of sp³-hybridized carbons (Fsp3) is 0.571. The van der Waals surface area contributed by atoms with Crippen LogP contribution >= 0.6 is 0 Å². The van der Waals surface area contributed by atoms with E-state index in [1.54, 1.807) is 0 Å². The zero-order chi connectivity index (χ0) is 13.2. The van der Waals surface area contributed by atoms with Gasteiger partial charge in [0.1, 0.15) is 0 Å². The van der Waals surface area contributed by atoms with Crippen LogP contribution in [0.5, 0.6) is 0 Å². The lowest BCUT2D eigenvalue weighted by Gasteiger charge is -2.27. The van der Waals surface area contributed by atoms with Crippen LogP contribution in [0.2, 0.25) is 0 Å². The van der Waals surface area contributed by atoms with Crippen LogP contribution in [0, 0.1) is 0 Å². The van der Waals surface area contributed by atoms with Crippen LogP contribution in [0.15, 0.2) is 24.3 Å². The minimum Gasteiger partial charge on any atom is -0.371 e. The molecule has 0 aliphatic carbocycles. The van der Waals surface area contributed by atoms with Crippen molar-refractivity contribution in [2.75, 3.05) is 18.0 Å². The van der Waals surface area contributed by atoms with Crippen molar-refractivity contribution in [2.45, 2.75) is 38.2 Å². The maximum Gasteiger partial charge on any atom is 0.256 e. The molecular formula is C14H20F2N2. The van der Waals surface area contributed by atoms with Crippen molar-refractivity contribution in [1.29, 1.82) is 0 Å². The van der Waals surface area contributed by atoms with Gasteiger partial charge in [0.15, 0.2) is 0 Å². The van der Waals surface area contributed by atoms with E-state index in [9.17, 15) is 8.78 Å². The molecule has 100 valence electrons. The number of anilines is 1. The van der Waals surface area contributed by atoms with E-state index in [4.69, 9.17) is 5.73 Å². The summed E-state index contributed by atoms with van der Waals surface area (Å²) >= 11 is 0. The summed E-state index contributed by atoms with van der Waals surface area (Å²) in [5, 5.41) is 0. The molecule has 1 aliphatic rings. The van der Waals surface area contributed by atoms with Gasteiger partial charge in [-0.3, -0.25) is 0 Å². The molecule has 2 nitrogen and oxygen atoms in total. The molecule has 2 rings (SSSR count). The molecule has 1 atom stereocenters. The predicted molar refractivity (Wildman–Crippen MR) is 70.2 cm³/mol. The molecule has 0 saturated carbocycles. The van der Waals surface area contributed by atoms with Crippen molar-refractivity contribution in [3.05, 3.63) is 29.8 Å². The van der Waals surface area contributed by atoms with E-state index in [0.717, 1.165) is 24.3 Å². The molecule has 0 bridgehead atoms. The minimum atomic E-state index is -2.51. The Labute approximate surface area is 107 Å². The Balaban J connectivity index is 2.22. The van der Waals surface area contributed by atoms with Gasteiger partial charge in [0, 0.05) is 18.8 Å². The van der Waals surface area contributed by atoms with Gasteiger partial charge in [-0.1, -0.05) is 18.2 Å². The summed E-state index contributed by atoms with van der Waals surface area (Å²) in [5.41, 5.74) is 6.21. The van der Waals surface area contributed by atoms with Gasteiger partial charge in [-0.15, -0.1) is 0 Å². The van der Waals surface area contributed by atoms with Crippen molar-refractivity contribution in [1.82, 2.24) is 0 Å². The molecule has 1 aromatic rings. The molecule has 1 unspecified atom stereocenters. The molecule has 18 heavy (non-hydrogen) atoms. The molecule has 0 amide bonds. The quantitative estimate of drug-likeness (QED) is 0.895. The average molecular weight is 254 g/mol. The van der Waals surface area contributed by atoms with Crippen LogP contribution < -0.4 is 10.6 Å². The summed E-state index contributed by atoms with van der Waals surface area (Å²) < 4.78 is 25.7. The van der Waals surface area contributed by atoms with E-state index in [-0.39, 0.29) is 6.42 Å². The highest BCUT2D eigenvalue weighted by Crippen LogP contribution is 2.28. The molecule has 1 fully saturated rings. The molecule has 1 heterocycles. The van der Waals surface area contributed by atoms with Crippen LogP contribution in [-0.2, 0) is 6.42 Å². The van der Waals surface area contributed by atoms with E-state index >= 15 is 0 Å². The van der Waals surface area contributed by atoms with E-state index in [1.165, 1.54) is 19.8 Å². The molecule has 0 spiro atoms. The number of halogens is 2. The molecule has 2 N–H and O–H groups in total. The Morgan fingerprint density at radius 1 is 1.28 bits per heavy atom. The molecule has 4 heteroatoms. The minimum absolute atomic E-state index is 0.206. The van der Waals surface area contributed by atoms with Crippen molar-refractivity contribution in [3.8, 4) is 0 Å². The predicted octanol–water partition coefficient (Wildman–Crippen LogP) is 2.81. The highest BCUT2D eigenvalue weighted by Gasteiger charge is 2.31. The van der Waals surface area contributed by atoms with Crippen LogP contribution in [0.25, 0.3) is 0 Å². The number of benzene rings is 1. The fourth-order valence-corrected chi connectivity index (χ4v) is 2.41. The second-order valence-corrected chi connectivity index (χ2v) is 5.31. The lowest BCUT2D eigenvalue weighted by atomic mass is 9.93. The van der Waals surface area contributed by atoms with Crippen molar-refractivity contribution in [3.63, 3.8) is 0 Å². The third-order valence-electron chi connectivity index (χ3n) is 3.51. The molecule has 0 aromatic heterocycles. The molecule has 0 radical (unpaired) electrons. The van der Waals surface area contributed by atoms with E-state index in [1.807, 2.05) is 24.3 Å². The Bertz CT molecular complexity index is 399. The van der Waals surface area contributed by atoms with Crippen molar-refractivity contribution in [2.24, 2.45) is 5.73 Å². The van der Waals surface area contributed by atoms with Crippen molar-refractivity contribution < 1.29 is 8.78 Å². The summed E-state index contributed by atoms with van der Waals surface area (Å²) in [6.45, 7) is 3.43. The second kappa shape index (κ2) is 5.22. The smallest absolute Gasteiger partial charge is 0.256 e. The lowest BCUT2D eigenvalue weighted by Crippen LogP contribution is -2.46. The number of nitrogens with two attached hydrogens (primary N) is 1. The zero-order valence-electron chi connectivity index (χ0n) is 10.7. The first-order valence-electron chi connectivity index (χ1n) is 6.40. The zero-order valence-corrected chi connectivity index (χ0v) is 10.7. The van der Waals surface area contributed by atoms with E-state index in [2.05, 4.69) is 4.90 Å². The van der Waals surface area contributed by atoms with Crippen LogP contribution in [0.1, 0.15) is 25.3 Å². The third kappa shape index (κ3) is 2.80. The van der Waals surface area contributed by atoms with E-state index < -0.39 is 12.0 Å². The maximum absolute atomic E-state index is 12.9. The Kier molecular flexibility index (Phi) is 3.85. The topological polar surface area (TPSA) is 29.3 Å². The van der Waals surface area contributed by atoms with Gasteiger partial charge in [-0.05, 0) is 37.8 Å². The highest BCUT2D eigenvalue weighted by molar-refractivity contribution is 5.54. The van der Waals surface area contributed by atoms with Crippen molar-refractivity contribution >= 4 is 5.69 Å². The molecule has 1 aliphatic heterocycles. The summed E-state index contributed by atoms with van der Waals surface area (Å²) in [7, 11) is 0. The number of hydrogen-bond acceptors (Lipinski definition) is 2. The van der Waals surface area contributed by atoms with Gasteiger partial charge in [0.2, 0.25) is 0 Å². The number of alkyl halides is 2. The molecule has 1 saturated heterocycles. The van der Waals surface area contributed by atoms with Gasteiger partial charge in [-0.2, -0.15) is 0 Å². The average Bonchev–Trinajstić information content (AvgIpc) is 2.82. The number of hydrogen-bond donors (Lipinski definition) is 1. The monoisotopic (exact) mass is 254 g/mol. The van der Waals surface area contributed by atoms with Gasteiger partial charge in [-0.25, -0.2) is 8.78 Å². The molecular weight excluding hydrogens is 234 g/mol. The Hall–Kier alpha value is -1.16. The van der Waals surface area contributed by atoms with Crippen LogP contribution in [0.3, 0.4) is 0 Å². The highest BCUT2D eigenvalue weighted by atomic mass is 19.3. The van der Waals surface area contributed by atoms with Gasteiger partial charge >= 0.3 is 0 Å². The maximum atomic E-state index is 12.9. The molecule has 1 aromatic carbocycles. The summed E-state index contributed by atoms with van der Waals surface area (Å²) in [4.78, 5) is 2.26. The second-order valence-electron chi connectivity index (χ2n) is 5.31. The largest absolute Gasteiger partial charge is 0.371 e. The summed E-state index contributed by atoms with van der Waals surface area (Å²) in [6, 6.07) is 7.74. The Morgan fingerprint density at radius 3 is 2.50 bits per heavy atom. The fourth-order valence-electron chi connectivity index (χ4n) is 2.41. The summed E-state index contributed by atoms with van der Waals surface area (Å²) in [5.74, 6) is 0.